The van der Waals surface area contributed by atoms with Crippen LogP contribution in [0.2, 0.25) is 5.02 Å². The van der Waals surface area contributed by atoms with Crippen molar-refractivity contribution in [2.75, 3.05) is 19.8 Å². The van der Waals surface area contributed by atoms with Gasteiger partial charge in [-0.25, -0.2) is 0 Å². The molecule has 1 aromatic rings. The van der Waals surface area contributed by atoms with Crippen molar-refractivity contribution < 1.29 is 32.5 Å². The lowest BCUT2D eigenvalue weighted by Crippen LogP contribution is -2.37. The number of hydrogen-bond acceptors (Lipinski definition) is 4. The Morgan fingerprint density at radius 3 is 2.88 bits per heavy atom. The number of carbonyl (C=O) groups excluding carboxylic acids is 1. The Labute approximate surface area is 140 Å². The van der Waals surface area contributed by atoms with Crippen molar-refractivity contribution in [3.8, 4) is 11.5 Å². The number of aliphatic hydroxyl groups is 1. The predicted molar refractivity (Wildman–Crippen MR) is 78.7 cm³/mol. The number of fused-ring (bicyclic) bond motifs is 2. The first-order valence-corrected chi connectivity index (χ1v) is 7.69. The maximum atomic E-state index is 12.8. The summed E-state index contributed by atoms with van der Waals surface area (Å²) in [5.74, 6) is -0.748. The third kappa shape index (κ3) is 3.12. The Balaban J connectivity index is 2.04. The van der Waals surface area contributed by atoms with Crippen molar-refractivity contribution in [3.05, 3.63) is 22.2 Å². The molecule has 9 heteroatoms. The van der Waals surface area contributed by atoms with Gasteiger partial charge in [-0.15, -0.1) is 0 Å². The molecule has 0 radical (unpaired) electrons. The number of benzene rings is 1. The highest BCUT2D eigenvalue weighted by Gasteiger charge is 2.41. The molecule has 1 fully saturated rings. The molecule has 0 aromatic heterocycles. The summed E-state index contributed by atoms with van der Waals surface area (Å²) >= 11 is 6.08. The summed E-state index contributed by atoms with van der Waals surface area (Å²) in [5.41, 5.74) is 0.314. The highest BCUT2D eigenvalue weighted by atomic mass is 35.5. The van der Waals surface area contributed by atoms with E-state index in [2.05, 4.69) is 0 Å². The Morgan fingerprint density at radius 1 is 1.50 bits per heavy atom. The van der Waals surface area contributed by atoms with Crippen LogP contribution in [0.15, 0.2) is 6.07 Å². The van der Waals surface area contributed by atoms with Crippen molar-refractivity contribution in [3.63, 3.8) is 0 Å². The van der Waals surface area contributed by atoms with Gasteiger partial charge in [0.05, 0.1) is 17.2 Å². The zero-order valence-electron chi connectivity index (χ0n) is 12.7. The molecule has 132 valence electrons. The predicted octanol–water partition coefficient (Wildman–Crippen LogP) is 2.56. The van der Waals surface area contributed by atoms with Gasteiger partial charge in [-0.3, -0.25) is 4.79 Å². The minimum atomic E-state index is -4.57. The molecule has 0 unspecified atom stereocenters. The minimum Gasteiger partial charge on any atom is -0.490 e. The average molecular weight is 366 g/mol. The fourth-order valence-corrected chi connectivity index (χ4v) is 3.17. The van der Waals surface area contributed by atoms with E-state index in [1.165, 1.54) is 11.0 Å². The monoisotopic (exact) mass is 365 g/mol. The normalized spacial score (nSPS) is 23.4. The van der Waals surface area contributed by atoms with E-state index in [9.17, 15) is 23.1 Å². The van der Waals surface area contributed by atoms with Crippen LogP contribution in [0.3, 0.4) is 0 Å². The summed E-state index contributed by atoms with van der Waals surface area (Å²) in [7, 11) is 0. The van der Waals surface area contributed by atoms with Crippen molar-refractivity contribution in [1.29, 1.82) is 0 Å². The molecule has 0 saturated carbocycles. The molecule has 0 aliphatic carbocycles. The molecular weight excluding hydrogens is 351 g/mol. The zero-order chi connectivity index (χ0) is 17.6. The van der Waals surface area contributed by atoms with Crippen LogP contribution < -0.4 is 9.47 Å². The molecular formula is C15H15ClF3NO4. The Kier molecular flexibility index (Phi) is 4.29. The molecule has 2 heterocycles. The standard InChI is InChI=1S/C15H15ClF3NO4/c1-7-2-10-11(13(12(7)16)24-6-15(17,18)19)14(22)20-4-9(21)3-8(20)5-23-10/h2,8-9,21H,3-6H2,1H3/t8-,9-/m1/s1. The molecule has 2 atom stereocenters. The quantitative estimate of drug-likeness (QED) is 0.875. The maximum absolute atomic E-state index is 12.8. The lowest BCUT2D eigenvalue weighted by atomic mass is 10.1. The Hall–Kier alpha value is -1.67. The van der Waals surface area contributed by atoms with Crippen LogP contribution in [0.4, 0.5) is 13.2 Å². The Bertz CT molecular complexity index is 680. The molecule has 2 aliphatic heterocycles. The minimum absolute atomic E-state index is 0.0619. The maximum Gasteiger partial charge on any atom is 0.422 e. The summed E-state index contributed by atoms with van der Waals surface area (Å²) in [6.07, 6.45) is -4.91. The van der Waals surface area contributed by atoms with Gasteiger partial charge in [0, 0.05) is 6.54 Å². The van der Waals surface area contributed by atoms with Crippen LogP contribution in [0.25, 0.3) is 0 Å². The van der Waals surface area contributed by atoms with Gasteiger partial charge in [-0.2, -0.15) is 13.2 Å². The van der Waals surface area contributed by atoms with Gasteiger partial charge in [0.1, 0.15) is 17.9 Å². The summed E-state index contributed by atoms with van der Waals surface area (Å²) in [4.78, 5) is 14.2. The van der Waals surface area contributed by atoms with Crippen molar-refractivity contribution in [1.82, 2.24) is 4.90 Å². The number of halogens is 4. The molecule has 1 N–H and O–H groups in total. The summed E-state index contributed by atoms with van der Waals surface area (Å²) in [6.45, 7) is 0.265. The molecule has 0 bridgehead atoms. The molecule has 3 rings (SSSR count). The molecule has 1 amide bonds. The Morgan fingerprint density at radius 2 is 2.21 bits per heavy atom. The van der Waals surface area contributed by atoms with E-state index in [-0.39, 0.29) is 41.3 Å². The zero-order valence-corrected chi connectivity index (χ0v) is 13.4. The van der Waals surface area contributed by atoms with Crippen LogP contribution in [0.1, 0.15) is 22.3 Å². The molecule has 5 nitrogen and oxygen atoms in total. The van der Waals surface area contributed by atoms with Gasteiger partial charge in [0.25, 0.3) is 5.91 Å². The molecule has 2 aliphatic rings. The number of alkyl halides is 3. The van der Waals surface area contributed by atoms with Crippen LogP contribution in [0, 0.1) is 6.92 Å². The van der Waals surface area contributed by atoms with Crippen molar-refractivity contribution in [2.24, 2.45) is 0 Å². The highest BCUT2D eigenvalue weighted by molar-refractivity contribution is 6.33. The lowest BCUT2D eigenvalue weighted by Gasteiger charge is -2.21. The van der Waals surface area contributed by atoms with Crippen LogP contribution in [-0.2, 0) is 0 Å². The summed E-state index contributed by atoms with van der Waals surface area (Å²) < 4.78 is 48.0. The first-order chi connectivity index (χ1) is 11.2. The second-order valence-electron chi connectivity index (χ2n) is 5.93. The number of rotatable bonds is 2. The lowest BCUT2D eigenvalue weighted by molar-refractivity contribution is -0.153. The number of aryl methyl sites for hydroxylation is 1. The van der Waals surface area contributed by atoms with Gasteiger partial charge in [0.2, 0.25) is 0 Å². The number of carbonyl (C=O) groups is 1. The second-order valence-corrected chi connectivity index (χ2v) is 6.30. The van der Waals surface area contributed by atoms with E-state index in [0.717, 1.165) is 0 Å². The molecule has 0 spiro atoms. The largest absolute Gasteiger partial charge is 0.490 e. The van der Waals surface area contributed by atoms with Crippen molar-refractivity contribution in [2.45, 2.75) is 31.7 Å². The van der Waals surface area contributed by atoms with Crippen LogP contribution in [0.5, 0.6) is 11.5 Å². The van der Waals surface area contributed by atoms with E-state index in [4.69, 9.17) is 21.1 Å². The molecule has 24 heavy (non-hydrogen) atoms. The van der Waals surface area contributed by atoms with E-state index in [1.54, 1.807) is 6.92 Å². The topological polar surface area (TPSA) is 59.0 Å². The van der Waals surface area contributed by atoms with Gasteiger partial charge in [-0.05, 0) is 25.0 Å². The number of hydrogen-bond donors (Lipinski definition) is 1. The van der Waals surface area contributed by atoms with Gasteiger partial charge in [-0.1, -0.05) is 11.6 Å². The number of aliphatic hydroxyl groups excluding tert-OH is 1. The third-order valence-corrected chi connectivity index (χ3v) is 4.51. The van der Waals surface area contributed by atoms with E-state index in [1.807, 2.05) is 0 Å². The summed E-state index contributed by atoms with van der Waals surface area (Å²) in [6, 6.07) is 1.17. The highest BCUT2D eigenvalue weighted by Crippen LogP contribution is 2.42. The first-order valence-electron chi connectivity index (χ1n) is 7.32. The first kappa shape index (κ1) is 17.2. The average Bonchev–Trinajstić information content (AvgIpc) is 2.80. The van der Waals surface area contributed by atoms with Gasteiger partial charge in [0.15, 0.2) is 12.4 Å². The van der Waals surface area contributed by atoms with Crippen molar-refractivity contribution >= 4 is 17.5 Å². The smallest absolute Gasteiger partial charge is 0.422 e. The van der Waals surface area contributed by atoms with Crippen LogP contribution >= 0.6 is 11.6 Å². The van der Waals surface area contributed by atoms with Gasteiger partial charge < -0.3 is 19.5 Å². The van der Waals surface area contributed by atoms with Gasteiger partial charge >= 0.3 is 6.18 Å². The second kappa shape index (κ2) is 6.00. The fourth-order valence-electron chi connectivity index (χ4n) is 2.97. The number of ether oxygens (including phenoxy) is 2. The number of nitrogens with zero attached hydrogens (tertiary/aromatic N) is 1. The number of amides is 1. The fraction of sp³-hybridized carbons (Fsp3) is 0.533. The summed E-state index contributed by atoms with van der Waals surface area (Å²) in [5, 5.41) is 9.68. The van der Waals surface area contributed by atoms with Crippen LogP contribution in [-0.4, -0.2) is 54.0 Å². The van der Waals surface area contributed by atoms with E-state index in [0.29, 0.717) is 12.0 Å². The van der Waals surface area contributed by atoms with E-state index < -0.39 is 24.8 Å². The SMILES string of the molecule is Cc1cc2c(c(OCC(F)(F)F)c1Cl)C(=O)N1C[C@H](O)C[C@@H]1CO2. The molecule has 1 aromatic carbocycles. The third-order valence-electron chi connectivity index (χ3n) is 4.05. The molecule has 1 saturated heterocycles. The van der Waals surface area contributed by atoms with E-state index >= 15 is 0 Å².